The van der Waals surface area contributed by atoms with Crippen molar-refractivity contribution in [2.24, 2.45) is 0 Å². The Morgan fingerprint density at radius 2 is 1.87 bits per heavy atom. The molecule has 1 spiro atoms. The van der Waals surface area contributed by atoms with Gasteiger partial charge in [-0.15, -0.1) is 0 Å². The number of halogens is 1. The van der Waals surface area contributed by atoms with Gasteiger partial charge in [-0.05, 0) is 48.7 Å². The van der Waals surface area contributed by atoms with Crippen LogP contribution in [0.25, 0.3) is 0 Å². The molecule has 0 aliphatic carbocycles. The molecule has 1 atom stereocenters. The van der Waals surface area contributed by atoms with E-state index in [2.05, 4.69) is 0 Å². The van der Waals surface area contributed by atoms with Crippen molar-refractivity contribution in [2.75, 3.05) is 31.6 Å². The van der Waals surface area contributed by atoms with Crippen molar-refractivity contribution in [3.63, 3.8) is 0 Å². The SMILES string of the molecule is COC(=O)CN1C(=O)C2(CCCN(S(=O)(=O)c3ccc(Cl)cc3)C2)c2ccccc21. The normalized spacial score (nSPS) is 21.7. The summed E-state index contributed by atoms with van der Waals surface area (Å²) in [6, 6.07) is 13.2. The Hall–Kier alpha value is -2.42. The van der Waals surface area contributed by atoms with E-state index >= 15 is 0 Å². The summed E-state index contributed by atoms with van der Waals surface area (Å²) < 4.78 is 32.6. The van der Waals surface area contributed by atoms with Gasteiger partial charge in [0.1, 0.15) is 6.54 Å². The number of rotatable bonds is 4. The number of piperidine rings is 1. The van der Waals surface area contributed by atoms with Gasteiger partial charge in [0.25, 0.3) is 0 Å². The minimum atomic E-state index is -3.80. The quantitative estimate of drug-likeness (QED) is 0.671. The molecule has 1 fully saturated rings. The van der Waals surface area contributed by atoms with Crippen molar-refractivity contribution >= 4 is 39.2 Å². The fourth-order valence-corrected chi connectivity index (χ4v) is 5.98. The summed E-state index contributed by atoms with van der Waals surface area (Å²) in [5.74, 6) is -0.804. The summed E-state index contributed by atoms with van der Waals surface area (Å²) in [5.41, 5.74) is 0.344. The number of ether oxygens (including phenoxy) is 1. The number of sulfonamides is 1. The van der Waals surface area contributed by atoms with Gasteiger partial charge in [0.2, 0.25) is 15.9 Å². The molecule has 0 aromatic heterocycles. The smallest absolute Gasteiger partial charge is 0.325 e. The van der Waals surface area contributed by atoms with E-state index in [1.807, 2.05) is 12.1 Å². The van der Waals surface area contributed by atoms with Crippen molar-refractivity contribution < 1.29 is 22.7 Å². The number of amides is 1. The number of carbonyl (C=O) groups excluding carboxylic acids is 2. The predicted molar refractivity (Wildman–Crippen MR) is 112 cm³/mol. The zero-order valence-electron chi connectivity index (χ0n) is 16.4. The fourth-order valence-electron chi connectivity index (χ4n) is 4.32. The Kier molecular flexibility index (Phi) is 5.34. The molecule has 0 saturated carbocycles. The van der Waals surface area contributed by atoms with Crippen LogP contribution in [-0.2, 0) is 29.8 Å². The van der Waals surface area contributed by atoms with Crippen LogP contribution in [0.5, 0.6) is 0 Å². The molecule has 30 heavy (non-hydrogen) atoms. The zero-order valence-corrected chi connectivity index (χ0v) is 17.9. The van der Waals surface area contributed by atoms with E-state index in [0.717, 1.165) is 5.56 Å². The minimum absolute atomic E-state index is 0.0193. The van der Waals surface area contributed by atoms with Crippen LogP contribution in [0, 0.1) is 0 Å². The van der Waals surface area contributed by atoms with E-state index in [9.17, 15) is 18.0 Å². The highest BCUT2D eigenvalue weighted by Crippen LogP contribution is 2.47. The summed E-state index contributed by atoms with van der Waals surface area (Å²) in [6.07, 6.45) is 1.03. The van der Waals surface area contributed by atoms with Gasteiger partial charge >= 0.3 is 5.97 Å². The predicted octanol–water partition coefficient (Wildman–Crippen LogP) is 2.58. The number of para-hydroxylation sites is 1. The number of anilines is 1. The third kappa shape index (κ3) is 3.29. The van der Waals surface area contributed by atoms with E-state index in [0.29, 0.717) is 30.1 Å². The highest BCUT2D eigenvalue weighted by molar-refractivity contribution is 7.89. The molecule has 2 aliphatic rings. The molecule has 1 amide bonds. The van der Waals surface area contributed by atoms with Crippen LogP contribution in [0.4, 0.5) is 5.69 Å². The number of hydrogen-bond donors (Lipinski definition) is 0. The lowest BCUT2D eigenvalue weighted by Gasteiger charge is -2.38. The third-order valence-electron chi connectivity index (χ3n) is 5.79. The van der Waals surface area contributed by atoms with Crippen molar-refractivity contribution in [3.05, 3.63) is 59.1 Å². The molecule has 9 heteroatoms. The summed E-state index contributed by atoms with van der Waals surface area (Å²) in [5, 5.41) is 0.447. The van der Waals surface area contributed by atoms with E-state index in [1.54, 1.807) is 12.1 Å². The fraction of sp³-hybridized carbons (Fsp3) is 0.333. The van der Waals surface area contributed by atoms with Crippen molar-refractivity contribution in [1.29, 1.82) is 0 Å². The molecule has 1 saturated heterocycles. The van der Waals surface area contributed by atoms with E-state index in [-0.39, 0.29) is 23.9 Å². The number of methoxy groups -OCH3 is 1. The first-order chi connectivity index (χ1) is 14.3. The van der Waals surface area contributed by atoms with Gasteiger partial charge in [0.05, 0.1) is 17.4 Å². The van der Waals surface area contributed by atoms with Gasteiger partial charge in [-0.2, -0.15) is 4.31 Å². The lowest BCUT2D eigenvalue weighted by atomic mass is 9.75. The number of nitrogens with zero attached hydrogens (tertiary/aromatic N) is 2. The highest BCUT2D eigenvalue weighted by atomic mass is 35.5. The Balaban J connectivity index is 1.73. The molecule has 4 rings (SSSR count). The van der Waals surface area contributed by atoms with Crippen molar-refractivity contribution in [1.82, 2.24) is 4.31 Å². The molecule has 158 valence electrons. The molecule has 0 radical (unpaired) electrons. The Morgan fingerprint density at radius 3 is 2.57 bits per heavy atom. The number of hydrogen-bond acceptors (Lipinski definition) is 5. The van der Waals surface area contributed by atoms with Crippen molar-refractivity contribution in [2.45, 2.75) is 23.2 Å². The number of carbonyl (C=O) groups is 2. The Bertz CT molecular complexity index is 1100. The van der Waals surface area contributed by atoms with Gasteiger partial charge < -0.3 is 9.64 Å². The second-order valence-corrected chi connectivity index (χ2v) is 9.84. The van der Waals surface area contributed by atoms with Gasteiger partial charge in [0, 0.05) is 23.8 Å². The van der Waals surface area contributed by atoms with E-state index in [1.165, 1.54) is 40.6 Å². The highest BCUT2D eigenvalue weighted by Gasteiger charge is 2.54. The summed E-state index contributed by atoms with van der Waals surface area (Å²) >= 11 is 5.89. The largest absolute Gasteiger partial charge is 0.468 e. The lowest BCUT2D eigenvalue weighted by Crippen LogP contribution is -2.53. The molecule has 7 nitrogen and oxygen atoms in total. The molecule has 1 unspecified atom stereocenters. The van der Waals surface area contributed by atoms with Crippen LogP contribution < -0.4 is 4.90 Å². The maximum Gasteiger partial charge on any atom is 0.325 e. The summed E-state index contributed by atoms with van der Waals surface area (Å²) in [7, 11) is -2.53. The monoisotopic (exact) mass is 448 g/mol. The summed E-state index contributed by atoms with van der Waals surface area (Å²) in [6.45, 7) is 0.128. The standard InChI is InChI=1S/C21H21ClN2O5S/c1-29-19(25)13-24-18-6-3-2-5-17(18)21(20(24)26)11-4-12-23(14-21)30(27,28)16-9-7-15(22)8-10-16/h2-3,5-10H,4,11-14H2,1H3. The van der Waals surface area contributed by atoms with Crippen LogP contribution in [0.15, 0.2) is 53.4 Å². The first-order valence-electron chi connectivity index (χ1n) is 9.53. The topological polar surface area (TPSA) is 84.0 Å². The van der Waals surface area contributed by atoms with E-state index < -0.39 is 21.4 Å². The van der Waals surface area contributed by atoms with Gasteiger partial charge in [0.15, 0.2) is 0 Å². The second-order valence-electron chi connectivity index (χ2n) is 7.46. The van der Waals surface area contributed by atoms with Crippen LogP contribution in [0.3, 0.4) is 0 Å². The van der Waals surface area contributed by atoms with Crippen LogP contribution >= 0.6 is 11.6 Å². The minimum Gasteiger partial charge on any atom is -0.468 e. The molecule has 2 heterocycles. The molecule has 0 bridgehead atoms. The maximum absolute atomic E-state index is 13.5. The van der Waals surface area contributed by atoms with Crippen LogP contribution in [0.1, 0.15) is 18.4 Å². The number of benzene rings is 2. The second kappa shape index (κ2) is 7.68. The van der Waals surface area contributed by atoms with Gasteiger partial charge in [-0.1, -0.05) is 29.8 Å². The van der Waals surface area contributed by atoms with Gasteiger partial charge in [-0.25, -0.2) is 8.42 Å². The zero-order chi connectivity index (χ0) is 21.5. The molecule has 0 N–H and O–H groups in total. The summed E-state index contributed by atoms with van der Waals surface area (Å²) in [4.78, 5) is 27.0. The molecular formula is C21H21ClN2O5S. The maximum atomic E-state index is 13.5. The molecule has 2 aromatic carbocycles. The first kappa shape index (κ1) is 20.8. The molecular weight excluding hydrogens is 428 g/mol. The average Bonchev–Trinajstić information content (AvgIpc) is 2.97. The Morgan fingerprint density at radius 1 is 1.17 bits per heavy atom. The first-order valence-corrected chi connectivity index (χ1v) is 11.4. The molecule has 2 aromatic rings. The van der Waals surface area contributed by atoms with Crippen LogP contribution in [0.2, 0.25) is 5.02 Å². The van der Waals surface area contributed by atoms with Gasteiger partial charge in [-0.3, -0.25) is 9.59 Å². The number of esters is 1. The molecule has 2 aliphatic heterocycles. The van der Waals surface area contributed by atoms with Crippen molar-refractivity contribution in [3.8, 4) is 0 Å². The lowest BCUT2D eigenvalue weighted by molar-refractivity contribution is -0.140. The Labute approximate surface area is 180 Å². The number of fused-ring (bicyclic) bond motifs is 2. The van der Waals surface area contributed by atoms with E-state index in [4.69, 9.17) is 16.3 Å². The third-order valence-corrected chi connectivity index (χ3v) is 7.90. The average molecular weight is 449 g/mol. The van der Waals surface area contributed by atoms with Crippen LogP contribution in [-0.4, -0.2) is 51.3 Å².